The Morgan fingerprint density at radius 1 is 0.745 bits per heavy atom. The van der Waals surface area contributed by atoms with E-state index < -0.39 is 0 Å². The Labute approximate surface area is 285 Å². The topological polar surface area (TPSA) is 89.8 Å². The van der Waals surface area contributed by atoms with Gasteiger partial charge in [-0.15, -0.1) is 0 Å². The number of nitrogens with zero attached hydrogens (tertiary/aromatic N) is 2. The van der Waals surface area contributed by atoms with Crippen LogP contribution in [0.5, 0.6) is 11.5 Å². The third-order valence-corrected chi connectivity index (χ3v) is 6.85. The summed E-state index contributed by atoms with van der Waals surface area (Å²) < 4.78 is 11.2. The molecule has 1 aliphatic heterocycles. The van der Waals surface area contributed by atoms with Crippen LogP contribution in [0, 0.1) is 0 Å². The number of para-hydroxylation sites is 2. The molecule has 1 aliphatic rings. The summed E-state index contributed by atoms with van der Waals surface area (Å²) >= 11 is 0. The number of aliphatic imine (C=N–C) groups is 1. The number of pyridine rings is 1. The fourth-order valence-corrected chi connectivity index (χ4v) is 4.55. The largest absolute Gasteiger partial charge is 2.00 e. The molecule has 0 bridgehead atoms. The molecule has 5 aromatic rings. The number of hydrogen-bond acceptors (Lipinski definition) is 6. The van der Waals surface area contributed by atoms with Crippen molar-refractivity contribution >= 4 is 34.8 Å². The predicted octanol–water partition coefficient (Wildman–Crippen LogP) is 7.84. The van der Waals surface area contributed by atoms with Crippen molar-refractivity contribution in [2.24, 2.45) is 4.99 Å². The monoisotopic (exact) mass is 667 g/mol. The zero-order valence-electron chi connectivity index (χ0n) is 25.8. The first-order valence-electron chi connectivity index (χ1n) is 14.7. The molecule has 0 saturated carbocycles. The summed E-state index contributed by atoms with van der Waals surface area (Å²) in [5, 5.41) is 23.6. The van der Waals surface area contributed by atoms with Crippen molar-refractivity contribution in [2.75, 3.05) is 7.11 Å². The normalized spacial score (nSPS) is 12.7. The van der Waals surface area contributed by atoms with Gasteiger partial charge in [-0.25, -0.2) is 0 Å². The van der Waals surface area contributed by atoms with Crippen LogP contribution in [-0.2, 0) is 21.8 Å². The summed E-state index contributed by atoms with van der Waals surface area (Å²) in [6, 6.07) is 37.6. The van der Waals surface area contributed by atoms with Crippen molar-refractivity contribution < 1.29 is 36.8 Å². The van der Waals surface area contributed by atoms with Crippen molar-refractivity contribution in [1.82, 2.24) is 4.98 Å². The standard InChI is InChI=1S/C23H17NO.C17H17NO3.Cu/c1-3-7-20(8-4-1)22-16-19(15-18-11-13-24-14-12-18)17-23(25-22)21-9-5-2-6-10-21;1-12(18-15-5-3-4-6-16(15)19)11-17(20)13-7-9-14(21-2)10-8-13;/h1-17H;3-11,19-20H,1-2H3;/q;;+2/p-2/b;17-11-,18-12?;. The van der Waals surface area contributed by atoms with E-state index in [0.29, 0.717) is 22.7 Å². The second kappa shape index (κ2) is 17.2. The Hall–Kier alpha value is -5.62. The van der Waals surface area contributed by atoms with Crippen LogP contribution in [-0.4, -0.2) is 17.8 Å². The van der Waals surface area contributed by atoms with Gasteiger partial charge in [0.25, 0.3) is 0 Å². The molecular formula is C40H32CuN2O4. The molecule has 0 saturated heterocycles. The molecule has 2 heterocycles. The molecule has 4 aromatic carbocycles. The van der Waals surface area contributed by atoms with Gasteiger partial charge in [0.2, 0.25) is 0 Å². The quantitative estimate of drug-likeness (QED) is 0.100. The van der Waals surface area contributed by atoms with Crippen molar-refractivity contribution in [3.05, 3.63) is 180 Å². The fourth-order valence-electron chi connectivity index (χ4n) is 4.55. The molecule has 0 amide bonds. The van der Waals surface area contributed by atoms with Crippen LogP contribution in [0.25, 0.3) is 23.4 Å². The minimum absolute atomic E-state index is 0. The van der Waals surface area contributed by atoms with Crippen LogP contribution in [0.2, 0.25) is 0 Å². The van der Waals surface area contributed by atoms with Crippen LogP contribution in [0.3, 0.4) is 0 Å². The summed E-state index contributed by atoms with van der Waals surface area (Å²) in [5.74, 6) is 2.06. The Kier molecular flexibility index (Phi) is 12.5. The van der Waals surface area contributed by atoms with Crippen molar-refractivity contribution in [3.63, 3.8) is 0 Å². The Bertz CT molecular complexity index is 1840. The molecule has 6 nitrogen and oxygen atoms in total. The van der Waals surface area contributed by atoms with Gasteiger partial charge in [0.1, 0.15) is 17.3 Å². The van der Waals surface area contributed by atoms with Gasteiger partial charge < -0.3 is 19.7 Å². The van der Waals surface area contributed by atoms with Gasteiger partial charge in [-0.3, -0.25) is 9.98 Å². The van der Waals surface area contributed by atoms with Gasteiger partial charge in [0.15, 0.2) is 0 Å². The van der Waals surface area contributed by atoms with Gasteiger partial charge in [0, 0.05) is 29.2 Å². The Morgan fingerprint density at radius 3 is 1.85 bits per heavy atom. The summed E-state index contributed by atoms with van der Waals surface area (Å²) in [6.45, 7) is 1.69. The molecule has 0 spiro atoms. The second-order valence-corrected chi connectivity index (χ2v) is 10.2. The predicted molar refractivity (Wildman–Crippen MR) is 182 cm³/mol. The molecule has 237 valence electrons. The first-order chi connectivity index (χ1) is 22.5. The molecule has 1 radical (unpaired) electrons. The first kappa shape index (κ1) is 34.3. The summed E-state index contributed by atoms with van der Waals surface area (Å²) in [4.78, 5) is 8.24. The maximum absolute atomic E-state index is 12.1. The molecule has 6 rings (SSSR count). The average molecular weight is 668 g/mol. The Balaban J connectivity index is 0.000000212. The summed E-state index contributed by atoms with van der Waals surface area (Å²) in [5.41, 5.74) is 5.68. The number of allylic oxidation sites excluding steroid dienone is 4. The third kappa shape index (κ3) is 9.93. The zero-order chi connectivity index (χ0) is 32.1. The van der Waals surface area contributed by atoms with Gasteiger partial charge >= 0.3 is 17.1 Å². The molecule has 0 fully saturated rings. The van der Waals surface area contributed by atoms with Crippen molar-refractivity contribution in [2.45, 2.75) is 6.92 Å². The molecule has 0 atom stereocenters. The molecular weight excluding hydrogens is 636 g/mol. The van der Waals surface area contributed by atoms with E-state index in [-0.39, 0.29) is 28.6 Å². The Morgan fingerprint density at radius 2 is 1.30 bits per heavy atom. The number of hydrogen-bond donors (Lipinski definition) is 0. The van der Waals surface area contributed by atoms with Crippen LogP contribution in [0.4, 0.5) is 5.69 Å². The van der Waals surface area contributed by atoms with E-state index in [9.17, 15) is 10.2 Å². The average Bonchev–Trinajstić information content (AvgIpc) is 3.10. The maximum atomic E-state index is 12.1. The van der Waals surface area contributed by atoms with Gasteiger partial charge in [-0.05, 0) is 78.3 Å². The molecule has 0 unspecified atom stereocenters. The molecule has 0 aliphatic carbocycles. The zero-order valence-corrected chi connectivity index (χ0v) is 26.8. The van der Waals surface area contributed by atoms with E-state index in [1.165, 1.54) is 12.1 Å². The first-order valence-corrected chi connectivity index (χ1v) is 14.7. The van der Waals surface area contributed by atoms with Crippen LogP contribution in [0.15, 0.2) is 163 Å². The van der Waals surface area contributed by atoms with Gasteiger partial charge in [-0.1, -0.05) is 103 Å². The van der Waals surface area contributed by atoms with Gasteiger partial charge in [-0.2, -0.15) is 0 Å². The fraction of sp³-hybridized carbons (Fsp3) is 0.0500. The second-order valence-electron chi connectivity index (χ2n) is 10.2. The van der Waals surface area contributed by atoms with Crippen LogP contribution < -0.4 is 14.9 Å². The molecule has 47 heavy (non-hydrogen) atoms. The number of ether oxygens (including phenoxy) is 2. The van der Waals surface area contributed by atoms with E-state index in [1.54, 1.807) is 68.9 Å². The van der Waals surface area contributed by atoms with E-state index in [2.05, 4.69) is 52.5 Å². The summed E-state index contributed by atoms with van der Waals surface area (Å²) in [7, 11) is 1.57. The van der Waals surface area contributed by atoms with E-state index in [4.69, 9.17) is 9.47 Å². The minimum Gasteiger partial charge on any atom is -0.872 e. The van der Waals surface area contributed by atoms with E-state index in [1.807, 2.05) is 48.5 Å². The van der Waals surface area contributed by atoms with Gasteiger partial charge in [0.05, 0.1) is 12.8 Å². The number of rotatable bonds is 7. The maximum Gasteiger partial charge on any atom is 2.00 e. The number of aromatic nitrogens is 1. The molecule has 7 heteroatoms. The summed E-state index contributed by atoms with van der Waals surface area (Å²) in [6.07, 6.45) is 11.3. The van der Waals surface area contributed by atoms with E-state index in [0.717, 1.165) is 33.8 Å². The van der Waals surface area contributed by atoms with E-state index >= 15 is 0 Å². The van der Waals surface area contributed by atoms with Crippen LogP contribution in [0.1, 0.15) is 29.2 Å². The SMILES string of the molecule is C(=C1C=C(c2ccccc2)OC(c2ccccc2)=C1)c1ccncc1.COc1ccc(/C([O-])=C/C(C)=Nc2ccccc2[O-])cc1.[Cu+2]. The molecule has 1 aromatic heterocycles. The van der Waals surface area contributed by atoms with Crippen LogP contribution >= 0.6 is 0 Å². The smallest absolute Gasteiger partial charge is 0.872 e. The third-order valence-electron chi connectivity index (χ3n) is 6.85. The number of benzene rings is 4. The minimum atomic E-state index is -0.165. The molecule has 0 N–H and O–H groups in total. The van der Waals surface area contributed by atoms with Crippen molar-refractivity contribution in [3.8, 4) is 11.5 Å². The number of methoxy groups -OCH3 is 1. The van der Waals surface area contributed by atoms with Crippen molar-refractivity contribution in [1.29, 1.82) is 0 Å².